The van der Waals surface area contributed by atoms with Crippen molar-refractivity contribution in [1.82, 2.24) is 4.31 Å². The molecule has 1 rings (SSSR count). The van der Waals surface area contributed by atoms with Crippen molar-refractivity contribution >= 4 is 22.0 Å². The number of morpholine rings is 1. The minimum atomic E-state index is -3.81. The van der Waals surface area contributed by atoms with E-state index >= 15 is 0 Å². The molecule has 104 valence electrons. The third kappa shape index (κ3) is 3.65. The van der Waals surface area contributed by atoms with Crippen LogP contribution in [-0.2, 0) is 29.1 Å². The Morgan fingerprint density at radius 3 is 2.72 bits per heavy atom. The molecule has 1 heterocycles. The second kappa shape index (κ2) is 6.12. The zero-order valence-electron chi connectivity index (χ0n) is 9.87. The lowest BCUT2D eigenvalue weighted by atomic mass is 10.3. The molecule has 0 spiro atoms. The fourth-order valence-corrected chi connectivity index (χ4v) is 3.13. The number of rotatable bonds is 5. The summed E-state index contributed by atoms with van der Waals surface area (Å²) in [5.41, 5.74) is 0. The van der Waals surface area contributed by atoms with Gasteiger partial charge in [0.1, 0.15) is 6.04 Å². The van der Waals surface area contributed by atoms with Gasteiger partial charge in [0, 0.05) is 6.54 Å². The number of carbonyl (C=O) groups excluding carboxylic acids is 1. The lowest BCUT2D eigenvalue weighted by Gasteiger charge is -2.32. The first-order chi connectivity index (χ1) is 8.38. The number of hydrogen-bond donors (Lipinski definition) is 1. The van der Waals surface area contributed by atoms with Gasteiger partial charge in [-0.05, 0) is 0 Å². The van der Waals surface area contributed by atoms with Crippen LogP contribution >= 0.6 is 0 Å². The first-order valence-electron chi connectivity index (χ1n) is 5.25. The number of sulfonamides is 1. The van der Waals surface area contributed by atoms with Gasteiger partial charge < -0.3 is 14.6 Å². The van der Waals surface area contributed by atoms with Crippen molar-refractivity contribution in [3.05, 3.63) is 0 Å². The molecule has 18 heavy (non-hydrogen) atoms. The average molecular weight is 281 g/mol. The molecular weight excluding hydrogens is 266 g/mol. The first-order valence-corrected chi connectivity index (χ1v) is 6.86. The maximum Gasteiger partial charge on any atom is 0.326 e. The van der Waals surface area contributed by atoms with Crippen molar-refractivity contribution in [3.8, 4) is 0 Å². The summed E-state index contributed by atoms with van der Waals surface area (Å²) in [6.45, 7) is 0.0977. The molecule has 0 amide bonds. The molecule has 1 aliphatic heterocycles. The van der Waals surface area contributed by atoms with E-state index in [1.807, 2.05) is 0 Å². The lowest BCUT2D eigenvalue weighted by molar-refractivity contribution is -0.149. The van der Waals surface area contributed by atoms with Crippen LogP contribution in [0.2, 0.25) is 0 Å². The van der Waals surface area contributed by atoms with Crippen LogP contribution < -0.4 is 0 Å². The molecular formula is C9H15NO7S. The Labute approximate surface area is 105 Å². The second-order valence-corrected chi connectivity index (χ2v) is 5.73. The molecule has 0 saturated carbocycles. The van der Waals surface area contributed by atoms with E-state index in [4.69, 9.17) is 9.84 Å². The van der Waals surface area contributed by atoms with Crippen LogP contribution in [0.3, 0.4) is 0 Å². The zero-order valence-corrected chi connectivity index (χ0v) is 10.7. The average Bonchev–Trinajstić information content (AvgIpc) is 2.35. The van der Waals surface area contributed by atoms with E-state index in [2.05, 4.69) is 4.74 Å². The maximum atomic E-state index is 11.9. The van der Waals surface area contributed by atoms with Gasteiger partial charge in [-0.1, -0.05) is 0 Å². The van der Waals surface area contributed by atoms with Crippen molar-refractivity contribution in [2.24, 2.45) is 0 Å². The summed E-state index contributed by atoms with van der Waals surface area (Å²) in [6, 6.07) is -1.04. The molecule has 0 aliphatic carbocycles. The molecule has 0 aromatic rings. The maximum absolute atomic E-state index is 11.9. The van der Waals surface area contributed by atoms with Crippen LogP contribution in [0.1, 0.15) is 6.42 Å². The number of methoxy groups -OCH3 is 1. The van der Waals surface area contributed by atoms with E-state index in [1.165, 1.54) is 0 Å². The van der Waals surface area contributed by atoms with Crippen LogP contribution in [0.15, 0.2) is 0 Å². The number of nitrogens with zero attached hydrogens (tertiary/aromatic N) is 1. The highest BCUT2D eigenvalue weighted by molar-refractivity contribution is 7.89. The number of esters is 1. The van der Waals surface area contributed by atoms with Gasteiger partial charge >= 0.3 is 11.9 Å². The van der Waals surface area contributed by atoms with E-state index in [9.17, 15) is 18.0 Å². The summed E-state index contributed by atoms with van der Waals surface area (Å²) in [6.07, 6.45) is -0.506. The van der Waals surface area contributed by atoms with E-state index in [0.717, 1.165) is 11.4 Å². The molecule has 1 saturated heterocycles. The summed E-state index contributed by atoms with van der Waals surface area (Å²) in [7, 11) is -2.66. The molecule has 0 radical (unpaired) electrons. The molecule has 0 bridgehead atoms. The Morgan fingerprint density at radius 1 is 1.50 bits per heavy atom. The topological polar surface area (TPSA) is 110 Å². The van der Waals surface area contributed by atoms with Crippen LogP contribution in [0.4, 0.5) is 0 Å². The number of carbonyl (C=O) groups is 2. The molecule has 0 aromatic carbocycles. The fourth-order valence-electron chi connectivity index (χ4n) is 1.58. The number of carboxylic acid groups (broad SMARTS) is 1. The van der Waals surface area contributed by atoms with E-state index in [0.29, 0.717) is 0 Å². The van der Waals surface area contributed by atoms with Gasteiger partial charge in [0.05, 0.1) is 32.5 Å². The van der Waals surface area contributed by atoms with Gasteiger partial charge in [-0.3, -0.25) is 9.59 Å². The number of hydrogen-bond acceptors (Lipinski definition) is 6. The summed E-state index contributed by atoms with van der Waals surface area (Å²) in [5, 5.41) is 8.50. The highest BCUT2D eigenvalue weighted by Gasteiger charge is 2.38. The Kier molecular flexibility index (Phi) is 5.05. The Bertz CT molecular complexity index is 419. The molecule has 1 atom stereocenters. The fraction of sp³-hybridized carbons (Fsp3) is 0.778. The Hall–Kier alpha value is -1.19. The molecule has 8 nitrogen and oxygen atoms in total. The summed E-state index contributed by atoms with van der Waals surface area (Å²) in [5.74, 6) is -2.47. The van der Waals surface area contributed by atoms with Gasteiger partial charge in [-0.15, -0.1) is 0 Å². The largest absolute Gasteiger partial charge is 0.481 e. The molecule has 1 aliphatic rings. The number of aliphatic carboxylic acids is 1. The highest BCUT2D eigenvalue weighted by atomic mass is 32.2. The van der Waals surface area contributed by atoms with Gasteiger partial charge in [0.25, 0.3) is 0 Å². The predicted molar refractivity (Wildman–Crippen MR) is 59.4 cm³/mol. The summed E-state index contributed by atoms with van der Waals surface area (Å²) >= 11 is 0. The molecule has 1 unspecified atom stereocenters. The van der Waals surface area contributed by atoms with Gasteiger partial charge in [0.15, 0.2) is 0 Å². The van der Waals surface area contributed by atoms with Gasteiger partial charge in [-0.25, -0.2) is 8.42 Å². The van der Waals surface area contributed by atoms with Gasteiger partial charge in [0.2, 0.25) is 10.0 Å². The van der Waals surface area contributed by atoms with Crippen LogP contribution in [0.5, 0.6) is 0 Å². The normalized spacial score (nSPS) is 21.5. The SMILES string of the molecule is COC(=O)C1COCCN1S(=O)(=O)CCC(=O)O. The minimum absolute atomic E-state index is 0.0156. The van der Waals surface area contributed by atoms with Crippen LogP contribution in [0.25, 0.3) is 0 Å². The smallest absolute Gasteiger partial charge is 0.326 e. The Morgan fingerprint density at radius 2 is 2.17 bits per heavy atom. The standard InChI is InChI=1S/C9H15NO7S/c1-16-9(13)7-6-17-4-3-10(7)18(14,15)5-2-8(11)12/h7H,2-6H2,1H3,(H,11,12). The Balaban J connectivity index is 2.82. The quantitative estimate of drug-likeness (QED) is 0.621. The molecule has 9 heteroatoms. The van der Waals surface area contributed by atoms with E-state index in [-0.39, 0.29) is 19.8 Å². The third-order valence-corrected chi connectivity index (χ3v) is 4.36. The van der Waals surface area contributed by atoms with Crippen molar-refractivity contribution in [2.45, 2.75) is 12.5 Å². The number of carboxylic acids is 1. The lowest BCUT2D eigenvalue weighted by Crippen LogP contribution is -2.53. The van der Waals surface area contributed by atoms with Crippen molar-refractivity contribution in [2.75, 3.05) is 32.6 Å². The van der Waals surface area contributed by atoms with Crippen molar-refractivity contribution in [3.63, 3.8) is 0 Å². The monoisotopic (exact) mass is 281 g/mol. The van der Waals surface area contributed by atoms with Gasteiger partial charge in [-0.2, -0.15) is 4.31 Å². The molecule has 0 aromatic heterocycles. The van der Waals surface area contributed by atoms with E-state index < -0.39 is 40.2 Å². The first kappa shape index (κ1) is 14.9. The van der Waals surface area contributed by atoms with Crippen LogP contribution in [-0.4, -0.2) is 68.4 Å². The number of ether oxygens (including phenoxy) is 2. The highest BCUT2D eigenvalue weighted by Crippen LogP contribution is 2.15. The minimum Gasteiger partial charge on any atom is -0.481 e. The molecule has 1 N–H and O–H groups in total. The van der Waals surface area contributed by atoms with Crippen molar-refractivity contribution in [1.29, 1.82) is 0 Å². The summed E-state index contributed by atoms with van der Waals surface area (Å²) < 4.78 is 34.3. The summed E-state index contributed by atoms with van der Waals surface area (Å²) in [4.78, 5) is 21.8. The van der Waals surface area contributed by atoms with Crippen LogP contribution in [0, 0.1) is 0 Å². The zero-order chi connectivity index (χ0) is 13.8. The second-order valence-electron chi connectivity index (χ2n) is 3.68. The third-order valence-electron chi connectivity index (χ3n) is 2.48. The molecule has 1 fully saturated rings. The van der Waals surface area contributed by atoms with E-state index in [1.54, 1.807) is 0 Å². The van der Waals surface area contributed by atoms with Crippen molar-refractivity contribution < 1.29 is 32.6 Å². The predicted octanol–water partition coefficient (Wildman–Crippen LogP) is -1.34.